The van der Waals surface area contributed by atoms with Gasteiger partial charge in [0.15, 0.2) is 10.1 Å². The molecule has 0 aliphatic heterocycles. The van der Waals surface area contributed by atoms with E-state index in [4.69, 9.17) is 13.0 Å². The summed E-state index contributed by atoms with van der Waals surface area (Å²) in [5.41, 5.74) is -0.790. The fraction of sp³-hybridized carbons (Fsp3) is 1.00. The van der Waals surface area contributed by atoms with Gasteiger partial charge in [-0.15, -0.1) is 0 Å². The van der Waals surface area contributed by atoms with Gasteiger partial charge in [0.2, 0.25) is 0 Å². The molecule has 0 aromatic heterocycles. The van der Waals surface area contributed by atoms with Gasteiger partial charge in [-0.2, -0.15) is 13.2 Å². The minimum atomic E-state index is -6.09. The van der Waals surface area contributed by atoms with Gasteiger partial charge in [-0.25, -0.2) is 8.42 Å². The molecule has 0 bridgehead atoms. The van der Waals surface area contributed by atoms with Gasteiger partial charge in [-0.1, -0.05) is 13.8 Å². The van der Waals surface area contributed by atoms with Crippen LogP contribution >= 0.6 is 0 Å². The number of halogens is 3. The van der Waals surface area contributed by atoms with E-state index in [9.17, 15) is 18.3 Å². The zero-order valence-electron chi connectivity index (χ0n) is 19.7. The lowest BCUT2D eigenvalue weighted by Crippen LogP contribution is -2.65. The van der Waals surface area contributed by atoms with Crippen LogP contribution in [0.1, 0.15) is 85.5 Å². The number of fused-ring (bicyclic) bond motifs is 5. The molecule has 4 aliphatic carbocycles. The molecule has 0 amide bonds. The lowest BCUT2D eigenvalue weighted by Gasteiger charge is -2.61. The van der Waals surface area contributed by atoms with Gasteiger partial charge in [-0.3, -0.25) is 0 Å². The predicted molar refractivity (Wildman–Crippen MR) is 114 cm³/mol. The van der Waals surface area contributed by atoms with Crippen molar-refractivity contribution >= 4 is 10.1 Å². The van der Waals surface area contributed by atoms with E-state index in [0.29, 0.717) is 22.8 Å². The average Bonchev–Trinajstić information content (AvgIpc) is 2.99. The van der Waals surface area contributed by atoms with Crippen molar-refractivity contribution in [3.8, 4) is 0 Å². The molecule has 4 rings (SSSR count). The SMILES string of the molecule is CC(C)(O)[C@H]1CC[C@H]2[C@@H]3CC[C@H]4C[C@H]([NH3+])CC[C@]4(C)[C@H]3CC[C@]12C.O=S(=O)([O-])C(F)(F)F. The second-order valence-corrected chi connectivity index (χ2v) is 13.4. The third-order valence-corrected chi connectivity index (χ3v) is 10.5. The quantitative estimate of drug-likeness (QED) is 0.433. The van der Waals surface area contributed by atoms with Crippen LogP contribution in [0.4, 0.5) is 13.2 Å². The molecule has 0 saturated heterocycles. The Morgan fingerprint density at radius 2 is 1.47 bits per heavy atom. The first kappa shape index (κ1) is 26.2. The summed E-state index contributed by atoms with van der Waals surface area (Å²) in [6, 6.07) is 0.708. The highest BCUT2D eigenvalue weighted by atomic mass is 32.2. The third-order valence-electron chi connectivity index (χ3n) is 9.91. The van der Waals surface area contributed by atoms with Gasteiger partial charge < -0.3 is 15.4 Å². The molecule has 0 unspecified atom stereocenters. The van der Waals surface area contributed by atoms with E-state index in [-0.39, 0.29) is 0 Å². The Bertz CT molecular complexity index is 796. The molecule has 4 aliphatic rings. The van der Waals surface area contributed by atoms with E-state index in [2.05, 4.69) is 33.4 Å². The third kappa shape index (κ3) is 4.60. The largest absolute Gasteiger partial charge is 0.741 e. The van der Waals surface area contributed by atoms with Gasteiger partial charge in [0, 0.05) is 6.42 Å². The summed E-state index contributed by atoms with van der Waals surface area (Å²) in [5.74, 6) is 4.17. The highest BCUT2D eigenvalue weighted by molar-refractivity contribution is 7.86. The Balaban J connectivity index is 0.000000312. The van der Waals surface area contributed by atoms with Crippen LogP contribution in [0, 0.1) is 40.4 Å². The van der Waals surface area contributed by atoms with Crippen LogP contribution in [0.25, 0.3) is 0 Å². The molecule has 5 nitrogen and oxygen atoms in total. The lowest BCUT2D eigenvalue weighted by atomic mass is 9.44. The number of quaternary nitrogens is 1. The van der Waals surface area contributed by atoms with Crippen molar-refractivity contribution in [2.45, 2.75) is 103 Å². The average molecular weight is 484 g/mol. The first-order valence-electron chi connectivity index (χ1n) is 12.0. The minimum Gasteiger partial charge on any atom is -0.741 e. The standard InChI is InChI=1S/C22H39NO.CHF3O3S/c1-20(2,24)19-8-7-17-16-6-5-14-13-15(23)9-11-21(14,3)18(16)10-12-22(17,19)4;2-1(3,4)8(5,6)7/h14-19,24H,5-13,23H2,1-4H3;(H,5,6,7)/t14-,15+,16-,17-,18-,19+,21-,22-;/m0./s1. The molecule has 4 saturated carbocycles. The zero-order chi connectivity index (χ0) is 24.3. The molecule has 4 fully saturated rings. The fourth-order valence-corrected chi connectivity index (χ4v) is 8.51. The molecule has 9 heteroatoms. The van der Waals surface area contributed by atoms with Crippen molar-refractivity contribution in [3.63, 3.8) is 0 Å². The molecule has 0 heterocycles. The second-order valence-electron chi connectivity index (χ2n) is 12.0. The van der Waals surface area contributed by atoms with Crippen molar-refractivity contribution < 1.29 is 37.0 Å². The van der Waals surface area contributed by atoms with Gasteiger partial charge >= 0.3 is 5.51 Å². The summed E-state index contributed by atoms with van der Waals surface area (Å²) < 4.78 is 58.9. The smallest absolute Gasteiger partial charge is 0.485 e. The molecule has 188 valence electrons. The number of alkyl halides is 3. The first-order chi connectivity index (χ1) is 14.4. The van der Waals surface area contributed by atoms with E-state index in [1.807, 2.05) is 0 Å². The maximum Gasteiger partial charge on any atom is 0.485 e. The monoisotopic (exact) mass is 483 g/mol. The van der Waals surface area contributed by atoms with Gasteiger partial charge in [0.1, 0.15) is 0 Å². The van der Waals surface area contributed by atoms with Crippen molar-refractivity contribution in [1.82, 2.24) is 0 Å². The van der Waals surface area contributed by atoms with Crippen LogP contribution in [0.2, 0.25) is 0 Å². The maximum absolute atomic E-state index is 10.8. The summed E-state index contributed by atoms with van der Waals surface area (Å²) in [6.07, 6.45) is 12.4. The highest BCUT2D eigenvalue weighted by Gasteiger charge is 2.61. The number of aliphatic hydroxyl groups is 1. The molecule has 0 spiro atoms. The Morgan fingerprint density at radius 1 is 0.938 bits per heavy atom. The predicted octanol–water partition coefficient (Wildman–Crippen LogP) is 4.08. The zero-order valence-corrected chi connectivity index (χ0v) is 20.6. The number of hydrogen-bond donors (Lipinski definition) is 2. The number of hydrogen-bond acceptors (Lipinski definition) is 4. The Kier molecular flexibility index (Phi) is 6.87. The van der Waals surface area contributed by atoms with Crippen LogP contribution in [-0.2, 0) is 10.1 Å². The van der Waals surface area contributed by atoms with Gasteiger partial charge in [0.05, 0.1) is 11.6 Å². The summed E-state index contributed by atoms with van der Waals surface area (Å²) in [7, 11) is -6.09. The van der Waals surface area contributed by atoms with Crippen LogP contribution in [-0.4, -0.2) is 35.2 Å². The van der Waals surface area contributed by atoms with Crippen LogP contribution in [0.5, 0.6) is 0 Å². The maximum atomic E-state index is 10.8. The highest BCUT2D eigenvalue weighted by Crippen LogP contribution is 2.68. The fourth-order valence-electron chi connectivity index (χ4n) is 8.51. The molecule has 0 aromatic carbocycles. The molecule has 4 N–H and O–H groups in total. The van der Waals surface area contributed by atoms with E-state index in [1.165, 1.54) is 57.8 Å². The molecular weight excluding hydrogens is 443 g/mol. The molecule has 8 atom stereocenters. The topological polar surface area (TPSA) is 105 Å². The molecule has 0 aromatic rings. The van der Waals surface area contributed by atoms with E-state index >= 15 is 0 Å². The summed E-state index contributed by atoms with van der Waals surface area (Å²) >= 11 is 0. The van der Waals surface area contributed by atoms with Crippen molar-refractivity contribution in [3.05, 3.63) is 0 Å². The van der Waals surface area contributed by atoms with Crippen LogP contribution < -0.4 is 5.73 Å². The summed E-state index contributed by atoms with van der Waals surface area (Å²) in [6.45, 7) is 9.30. The molecule has 0 radical (unpaired) electrons. The second kappa shape index (κ2) is 8.38. The molecular formula is C23H40F3NO4S. The normalized spacial score (nSPS) is 44.6. The number of rotatable bonds is 1. The summed E-state index contributed by atoms with van der Waals surface area (Å²) in [5, 5.41) is 10.8. The Morgan fingerprint density at radius 3 is 2.00 bits per heavy atom. The summed E-state index contributed by atoms with van der Waals surface area (Å²) in [4.78, 5) is 0. The van der Waals surface area contributed by atoms with E-state index in [0.717, 1.165) is 23.7 Å². The Hall–Kier alpha value is -0.380. The van der Waals surface area contributed by atoms with Crippen LogP contribution in [0.15, 0.2) is 0 Å². The van der Waals surface area contributed by atoms with Crippen molar-refractivity contribution in [2.75, 3.05) is 0 Å². The van der Waals surface area contributed by atoms with Gasteiger partial charge in [0.25, 0.3) is 0 Å². The van der Waals surface area contributed by atoms with Crippen LogP contribution in [0.3, 0.4) is 0 Å². The minimum absolute atomic E-state index is 0.381. The van der Waals surface area contributed by atoms with Crippen molar-refractivity contribution in [1.29, 1.82) is 0 Å². The lowest BCUT2D eigenvalue weighted by molar-refractivity contribution is -0.433. The Labute approximate surface area is 190 Å². The molecule has 32 heavy (non-hydrogen) atoms. The van der Waals surface area contributed by atoms with Crippen molar-refractivity contribution in [2.24, 2.45) is 40.4 Å². The first-order valence-corrected chi connectivity index (χ1v) is 13.4. The van der Waals surface area contributed by atoms with E-state index in [1.54, 1.807) is 0 Å². The van der Waals surface area contributed by atoms with Gasteiger partial charge in [-0.05, 0) is 106 Å². The van der Waals surface area contributed by atoms with E-state index < -0.39 is 21.2 Å².